The van der Waals surface area contributed by atoms with E-state index in [1.165, 1.54) is 13.0 Å². The second kappa shape index (κ2) is 6.38. The van der Waals surface area contributed by atoms with E-state index in [0.717, 1.165) is 25.9 Å². The Labute approximate surface area is 102 Å². The van der Waals surface area contributed by atoms with E-state index in [0.29, 0.717) is 5.69 Å². The molecule has 3 heteroatoms. The summed E-state index contributed by atoms with van der Waals surface area (Å²) in [5.41, 5.74) is 0.930. The molecule has 1 aromatic rings. The van der Waals surface area contributed by atoms with Gasteiger partial charge in [-0.05, 0) is 32.4 Å². The molecule has 0 fully saturated rings. The van der Waals surface area contributed by atoms with Crippen molar-refractivity contribution in [2.24, 2.45) is 0 Å². The molecule has 0 radical (unpaired) electrons. The van der Waals surface area contributed by atoms with E-state index in [1.807, 2.05) is 13.0 Å². The van der Waals surface area contributed by atoms with Crippen LogP contribution in [0.5, 0.6) is 0 Å². The fraction of sp³-hybridized carbons (Fsp3) is 0.500. The monoisotopic (exact) mass is 237 g/mol. The van der Waals surface area contributed by atoms with E-state index < -0.39 is 5.82 Å². The number of unbranched alkanes of at least 4 members (excludes halogenated alkanes) is 1. The van der Waals surface area contributed by atoms with Gasteiger partial charge in [-0.2, -0.15) is 0 Å². The van der Waals surface area contributed by atoms with Gasteiger partial charge in [0, 0.05) is 13.1 Å². The van der Waals surface area contributed by atoms with Gasteiger partial charge in [-0.3, -0.25) is 4.79 Å². The number of rotatable bonds is 6. The number of hydrogen-bond donors (Lipinski definition) is 0. The van der Waals surface area contributed by atoms with E-state index in [1.54, 1.807) is 6.07 Å². The predicted octanol–water partition coefficient (Wildman–Crippen LogP) is 3.65. The van der Waals surface area contributed by atoms with Gasteiger partial charge in [-0.15, -0.1) is 0 Å². The molecule has 0 bridgehead atoms. The zero-order chi connectivity index (χ0) is 12.8. The van der Waals surface area contributed by atoms with E-state index in [2.05, 4.69) is 11.8 Å². The molecule has 94 valence electrons. The lowest BCUT2D eigenvalue weighted by Crippen LogP contribution is -2.26. The number of benzene rings is 1. The molecule has 0 aliphatic rings. The summed E-state index contributed by atoms with van der Waals surface area (Å²) in [6.07, 6.45) is 2.13. The standard InChI is InChI=1S/C14H20FNO/c1-4-6-10-16(5-2)13-9-7-8-12(15)14(13)11(3)17/h7-9H,4-6,10H2,1-3H3. The Morgan fingerprint density at radius 3 is 2.59 bits per heavy atom. The minimum absolute atomic E-state index is 0.213. The number of ketones is 1. The Morgan fingerprint density at radius 2 is 2.06 bits per heavy atom. The summed E-state index contributed by atoms with van der Waals surface area (Å²) in [5.74, 6) is -0.641. The highest BCUT2D eigenvalue weighted by Crippen LogP contribution is 2.24. The van der Waals surface area contributed by atoms with Crippen LogP contribution in [0.4, 0.5) is 10.1 Å². The molecule has 0 aliphatic carbocycles. The zero-order valence-electron chi connectivity index (χ0n) is 10.8. The molecule has 0 amide bonds. The minimum atomic E-state index is -0.426. The summed E-state index contributed by atoms with van der Waals surface area (Å²) in [7, 11) is 0. The van der Waals surface area contributed by atoms with Crippen molar-refractivity contribution in [3.05, 3.63) is 29.6 Å². The van der Waals surface area contributed by atoms with Gasteiger partial charge in [0.05, 0.1) is 11.3 Å². The third-order valence-corrected chi connectivity index (χ3v) is 2.85. The Morgan fingerprint density at radius 1 is 1.35 bits per heavy atom. The number of hydrogen-bond acceptors (Lipinski definition) is 2. The van der Waals surface area contributed by atoms with Crippen LogP contribution >= 0.6 is 0 Å². The highest BCUT2D eigenvalue weighted by molar-refractivity contribution is 6.00. The molecule has 0 atom stereocenters. The van der Waals surface area contributed by atoms with Crippen molar-refractivity contribution in [2.75, 3.05) is 18.0 Å². The van der Waals surface area contributed by atoms with Crippen molar-refractivity contribution >= 4 is 11.5 Å². The minimum Gasteiger partial charge on any atom is -0.371 e. The lowest BCUT2D eigenvalue weighted by Gasteiger charge is -2.25. The van der Waals surface area contributed by atoms with Crippen molar-refractivity contribution in [1.29, 1.82) is 0 Å². The third-order valence-electron chi connectivity index (χ3n) is 2.85. The number of anilines is 1. The second-order valence-electron chi connectivity index (χ2n) is 4.12. The van der Waals surface area contributed by atoms with Gasteiger partial charge < -0.3 is 4.90 Å². The fourth-order valence-corrected chi connectivity index (χ4v) is 1.92. The number of Topliss-reactive ketones (excluding diaryl/α,β-unsaturated/α-hetero) is 1. The van der Waals surface area contributed by atoms with Gasteiger partial charge in [0.25, 0.3) is 0 Å². The first kappa shape index (κ1) is 13.7. The molecule has 17 heavy (non-hydrogen) atoms. The SMILES string of the molecule is CCCCN(CC)c1cccc(F)c1C(C)=O. The van der Waals surface area contributed by atoms with E-state index in [-0.39, 0.29) is 11.3 Å². The molecular formula is C14H20FNO. The molecule has 0 saturated carbocycles. The summed E-state index contributed by atoms with van der Waals surface area (Å²) < 4.78 is 13.7. The number of carbonyl (C=O) groups is 1. The maximum atomic E-state index is 13.7. The Balaban J connectivity index is 3.09. The summed E-state index contributed by atoms with van der Waals surface area (Å²) in [6, 6.07) is 4.82. The predicted molar refractivity (Wildman–Crippen MR) is 69.2 cm³/mol. The Bertz CT molecular complexity index is 390. The third kappa shape index (κ3) is 3.29. The molecule has 0 spiro atoms. The number of carbonyl (C=O) groups excluding carboxylic acids is 1. The molecule has 0 saturated heterocycles. The van der Waals surface area contributed by atoms with Crippen LogP contribution in [0.15, 0.2) is 18.2 Å². The average molecular weight is 237 g/mol. The maximum absolute atomic E-state index is 13.7. The smallest absolute Gasteiger partial charge is 0.164 e. The van der Waals surface area contributed by atoms with Crippen molar-refractivity contribution < 1.29 is 9.18 Å². The quantitative estimate of drug-likeness (QED) is 0.704. The van der Waals surface area contributed by atoms with E-state index in [9.17, 15) is 9.18 Å². The fourth-order valence-electron chi connectivity index (χ4n) is 1.92. The number of halogens is 1. The van der Waals surface area contributed by atoms with Crippen LogP contribution in [0, 0.1) is 5.82 Å². The van der Waals surface area contributed by atoms with E-state index in [4.69, 9.17) is 0 Å². The van der Waals surface area contributed by atoms with Gasteiger partial charge in [0.2, 0.25) is 0 Å². The van der Waals surface area contributed by atoms with Crippen LogP contribution in [0.1, 0.15) is 44.0 Å². The average Bonchev–Trinajstić information content (AvgIpc) is 2.29. The summed E-state index contributed by atoms with van der Waals surface area (Å²) in [4.78, 5) is 13.6. The van der Waals surface area contributed by atoms with Gasteiger partial charge in [-0.1, -0.05) is 19.4 Å². The highest BCUT2D eigenvalue weighted by Gasteiger charge is 2.16. The molecular weight excluding hydrogens is 217 g/mol. The first-order chi connectivity index (χ1) is 8.11. The molecule has 1 aromatic carbocycles. The van der Waals surface area contributed by atoms with Crippen molar-refractivity contribution in [3.8, 4) is 0 Å². The van der Waals surface area contributed by atoms with Crippen LogP contribution in [0.2, 0.25) is 0 Å². The van der Waals surface area contributed by atoms with Crippen molar-refractivity contribution in [3.63, 3.8) is 0 Å². The summed E-state index contributed by atoms with van der Waals surface area (Å²) >= 11 is 0. The van der Waals surface area contributed by atoms with Crippen LogP contribution in [0.3, 0.4) is 0 Å². The first-order valence-electron chi connectivity index (χ1n) is 6.16. The van der Waals surface area contributed by atoms with Crippen LogP contribution < -0.4 is 4.90 Å². The summed E-state index contributed by atoms with van der Waals surface area (Å²) in [6.45, 7) is 7.19. The van der Waals surface area contributed by atoms with Gasteiger partial charge >= 0.3 is 0 Å². The van der Waals surface area contributed by atoms with Crippen molar-refractivity contribution in [1.82, 2.24) is 0 Å². The molecule has 0 N–H and O–H groups in total. The van der Waals surface area contributed by atoms with Crippen LogP contribution in [-0.2, 0) is 0 Å². The molecule has 0 aromatic heterocycles. The van der Waals surface area contributed by atoms with Gasteiger partial charge in [0.15, 0.2) is 5.78 Å². The Hall–Kier alpha value is -1.38. The number of nitrogens with zero attached hydrogens (tertiary/aromatic N) is 1. The van der Waals surface area contributed by atoms with E-state index >= 15 is 0 Å². The second-order valence-corrected chi connectivity index (χ2v) is 4.12. The lowest BCUT2D eigenvalue weighted by molar-refractivity contribution is 0.101. The topological polar surface area (TPSA) is 20.3 Å². The van der Waals surface area contributed by atoms with Crippen molar-refractivity contribution in [2.45, 2.75) is 33.6 Å². The largest absolute Gasteiger partial charge is 0.371 e. The molecule has 2 nitrogen and oxygen atoms in total. The van der Waals surface area contributed by atoms with Gasteiger partial charge in [-0.25, -0.2) is 4.39 Å². The normalized spacial score (nSPS) is 10.4. The Kier molecular flexibility index (Phi) is 5.13. The zero-order valence-corrected chi connectivity index (χ0v) is 10.8. The maximum Gasteiger partial charge on any atom is 0.164 e. The lowest BCUT2D eigenvalue weighted by atomic mass is 10.1. The van der Waals surface area contributed by atoms with Crippen LogP contribution in [0.25, 0.3) is 0 Å². The molecule has 1 rings (SSSR count). The summed E-state index contributed by atoms with van der Waals surface area (Å²) in [5, 5.41) is 0. The molecule has 0 unspecified atom stereocenters. The molecule has 0 heterocycles. The first-order valence-corrected chi connectivity index (χ1v) is 6.16. The molecule has 0 aliphatic heterocycles. The van der Waals surface area contributed by atoms with Gasteiger partial charge in [0.1, 0.15) is 5.82 Å². The highest BCUT2D eigenvalue weighted by atomic mass is 19.1. The van der Waals surface area contributed by atoms with Crippen LogP contribution in [-0.4, -0.2) is 18.9 Å².